The Hall–Kier alpha value is -0.963. The molecule has 0 spiro atoms. The maximum Gasteiger partial charge on any atom is 0.242 e. The molecular formula is C13H21NOSi. The highest BCUT2D eigenvalue weighted by atomic mass is 28.4. The summed E-state index contributed by atoms with van der Waals surface area (Å²) in [7, 11) is -1.52. The fraction of sp³-hybridized carbons (Fsp3) is 0.538. The van der Waals surface area contributed by atoms with Crippen molar-refractivity contribution in [3.8, 4) is 5.75 Å². The average molecular weight is 235 g/mol. The van der Waals surface area contributed by atoms with Gasteiger partial charge in [0.2, 0.25) is 8.32 Å². The van der Waals surface area contributed by atoms with Gasteiger partial charge < -0.3 is 9.74 Å². The van der Waals surface area contributed by atoms with Gasteiger partial charge in [0.05, 0.1) is 5.69 Å². The molecule has 1 aliphatic heterocycles. The third-order valence-corrected chi connectivity index (χ3v) is 3.72. The molecule has 2 rings (SSSR count). The Morgan fingerprint density at radius 3 is 2.75 bits per heavy atom. The van der Waals surface area contributed by atoms with Gasteiger partial charge in [0.15, 0.2) is 0 Å². The fourth-order valence-corrected chi connectivity index (χ4v) is 2.96. The Kier molecular flexibility index (Phi) is 2.97. The molecule has 1 aromatic rings. The molecule has 0 radical (unpaired) electrons. The van der Waals surface area contributed by atoms with Crippen LogP contribution in [0.15, 0.2) is 18.2 Å². The first-order chi connectivity index (χ1) is 7.47. The molecule has 0 bridgehead atoms. The minimum Gasteiger partial charge on any atom is -0.543 e. The van der Waals surface area contributed by atoms with Gasteiger partial charge in [-0.05, 0) is 43.6 Å². The number of fused-ring (bicyclic) bond motifs is 1. The van der Waals surface area contributed by atoms with Crippen LogP contribution in [-0.2, 0) is 0 Å². The summed E-state index contributed by atoms with van der Waals surface area (Å²) in [5.41, 5.74) is 2.63. The second-order valence-corrected chi connectivity index (χ2v) is 9.98. The zero-order chi connectivity index (χ0) is 11.8. The number of benzene rings is 1. The molecule has 88 valence electrons. The molecule has 1 atom stereocenters. The van der Waals surface area contributed by atoms with Gasteiger partial charge >= 0.3 is 0 Å². The fourth-order valence-electron chi connectivity index (χ4n) is 2.13. The zero-order valence-electron chi connectivity index (χ0n) is 10.6. The van der Waals surface area contributed by atoms with Crippen LogP contribution in [0.25, 0.3) is 0 Å². The van der Waals surface area contributed by atoms with Gasteiger partial charge in [0, 0.05) is 6.54 Å². The van der Waals surface area contributed by atoms with E-state index in [-0.39, 0.29) is 0 Å². The van der Waals surface area contributed by atoms with E-state index in [2.05, 4.69) is 50.1 Å². The first-order valence-corrected chi connectivity index (χ1v) is 9.44. The van der Waals surface area contributed by atoms with E-state index in [0.717, 1.165) is 12.3 Å². The van der Waals surface area contributed by atoms with Crippen molar-refractivity contribution in [2.75, 3.05) is 11.9 Å². The summed E-state index contributed by atoms with van der Waals surface area (Å²) >= 11 is 0. The molecule has 0 saturated carbocycles. The Morgan fingerprint density at radius 2 is 2.06 bits per heavy atom. The standard InChI is InChI=1S/C13H21NOSi/c1-10-8-9-14-13-11(10)6-5-7-12(13)15-16(2,3)4/h5-7,10,14H,8-9H2,1-4H3. The van der Waals surface area contributed by atoms with E-state index in [0.29, 0.717) is 5.92 Å². The molecule has 0 fully saturated rings. The average Bonchev–Trinajstić information content (AvgIpc) is 2.17. The maximum atomic E-state index is 6.12. The molecule has 0 saturated heterocycles. The maximum absolute atomic E-state index is 6.12. The van der Waals surface area contributed by atoms with Crippen LogP contribution in [0.5, 0.6) is 5.75 Å². The summed E-state index contributed by atoms with van der Waals surface area (Å²) in [5, 5.41) is 3.48. The number of nitrogens with one attached hydrogen (secondary N) is 1. The van der Waals surface area contributed by atoms with Gasteiger partial charge in [-0.3, -0.25) is 0 Å². The van der Waals surface area contributed by atoms with Crippen LogP contribution in [0.1, 0.15) is 24.8 Å². The number of rotatable bonds is 2. The first-order valence-electron chi connectivity index (χ1n) is 6.03. The smallest absolute Gasteiger partial charge is 0.242 e. The Labute approximate surface area is 99.1 Å². The normalized spacial score (nSPS) is 19.9. The molecule has 3 heteroatoms. The minimum absolute atomic E-state index is 0.640. The molecule has 0 aromatic heterocycles. The highest BCUT2D eigenvalue weighted by molar-refractivity contribution is 6.70. The minimum atomic E-state index is -1.52. The van der Waals surface area contributed by atoms with Crippen LogP contribution in [0.2, 0.25) is 19.6 Å². The number of anilines is 1. The third-order valence-electron chi connectivity index (χ3n) is 2.88. The summed E-state index contributed by atoms with van der Waals surface area (Å²) in [5.74, 6) is 1.68. The predicted molar refractivity (Wildman–Crippen MR) is 71.9 cm³/mol. The lowest BCUT2D eigenvalue weighted by atomic mass is 9.92. The van der Waals surface area contributed by atoms with E-state index >= 15 is 0 Å². The molecule has 1 heterocycles. The number of para-hydroxylation sites is 1. The van der Waals surface area contributed by atoms with Crippen LogP contribution in [0.4, 0.5) is 5.69 Å². The lowest BCUT2D eigenvalue weighted by Gasteiger charge is -2.28. The van der Waals surface area contributed by atoms with E-state index in [1.165, 1.54) is 17.7 Å². The van der Waals surface area contributed by atoms with Crippen LogP contribution >= 0.6 is 0 Å². The van der Waals surface area contributed by atoms with Crippen molar-refractivity contribution in [1.29, 1.82) is 0 Å². The van der Waals surface area contributed by atoms with Crippen molar-refractivity contribution >= 4 is 14.0 Å². The molecule has 2 nitrogen and oxygen atoms in total. The lowest BCUT2D eigenvalue weighted by Crippen LogP contribution is -2.30. The van der Waals surface area contributed by atoms with Gasteiger partial charge in [0.25, 0.3) is 0 Å². The van der Waals surface area contributed by atoms with Crippen LogP contribution in [-0.4, -0.2) is 14.9 Å². The molecule has 1 N–H and O–H groups in total. The number of hydrogen-bond donors (Lipinski definition) is 1. The highest BCUT2D eigenvalue weighted by Gasteiger charge is 2.23. The van der Waals surface area contributed by atoms with Gasteiger partial charge in [-0.1, -0.05) is 19.1 Å². The third kappa shape index (κ3) is 2.40. The summed E-state index contributed by atoms with van der Waals surface area (Å²) in [4.78, 5) is 0. The van der Waals surface area contributed by atoms with Gasteiger partial charge in [-0.25, -0.2) is 0 Å². The summed E-state index contributed by atoms with van der Waals surface area (Å²) < 4.78 is 6.12. The van der Waals surface area contributed by atoms with Crippen molar-refractivity contribution < 1.29 is 4.43 Å². The zero-order valence-corrected chi connectivity index (χ0v) is 11.6. The molecule has 1 aromatic carbocycles. The van der Waals surface area contributed by atoms with E-state index < -0.39 is 8.32 Å². The van der Waals surface area contributed by atoms with Crippen molar-refractivity contribution in [2.45, 2.75) is 38.9 Å². The summed E-state index contributed by atoms with van der Waals surface area (Å²) in [6.45, 7) is 10.0. The molecule has 0 amide bonds. The van der Waals surface area contributed by atoms with Crippen molar-refractivity contribution in [1.82, 2.24) is 0 Å². The highest BCUT2D eigenvalue weighted by Crippen LogP contribution is 2.38. The van der Waals surface area contributed by atoms with Crippen molar-refractivity contribution in [2.24, 2.45) is 0 Å². The van der Waals surface area contributed by atoms with Gasteiger partial charge in [-0.15, -0.1) is 0 Å². The van der Waals surface area contributed by atoms with Crippen molar-refractivity contribution in [3.63, 3.8) is 0 Å². The molecule has 16 heavy (non-hydrogen) atoms. The quantitative estimate of drug-likeness (QED) is 0.787. The molecule has 1 unspecified atom stereocenters. The lowest BCUT2D eigenvalue weighted by molar-refractivity contribution is 0.553. The van der Waals surface area contributed by atoms with Gasteiger partial charge in [0.1, 0.15) is 5.75 Å². The van der Waals surface area contributed by atoms with Crippen molar-refractivity contribution in [3.05, 3.63) is 23.8 Å². The number of hydrogen-bond acceptors (Lipinski definition) is 2. The predicted octanol–water partition coefficient (Wildman–Crippen LogP) is 3.82. The van der Waals surface area contributed by atoms with Crippen LogP contribution in [0, 0.1) is 0 Å². The summed E-state index contributed by atoms with van der Waals surface area (Å²) in [6.07, 6.45) is 1.21. The Morgan fingerprint density at radius 1 is 1.31 bits per heavy atom. The van der Waals surface area contributed by atoms with E-state index in [1.807, 2.05) is 0 Å². The topological polar surface area (TPSA) is 21.3 Å². The first kappa shape index (κ1) is 11.5. The van der Waals surface area contributed by atoms with E-state index in [1.54, 1.807) is 0 Å². The van der Waals surface area contributed by atoms with Crippen LogP contribution in [0.3, 0.4) is 0 Å². The van der Waals surface area contributed by atoms with E-state index in [4.69, 9.17) is 4.43 Å². The molecule has 0 aliphatic carbocycles. The second-order valence-electron chi connectivity index (χ2n) is 5.55. The SMILES string of the molecule is CC1CCNc2c(O[Si](C)(C)C)cccc21. The van der Waals surface area contributed by atoms with Gasteiger partial charge in [-0.2, -0.15) is 0 Å². The second kappa shape index (κ2) is 4.13. The Balaban J connectivity index is 2.36. The van der Waals surface area contributed by atoms with E-state index in [9.17, 15) is 0 Å². The van der Waals surface area contributed by atoms with Crippen LogP contribution < -0.4 is 9.74 Å². The molecular weight excluding hydrogens is 214 g/mol. The largest absolute Gasteiger partial charge is 0.543 e. The summed E-state index contributed by atoms with van der Waals surface area (Å²) in [6, 6.07) is 6.41. The monoisotopic (exact) mass is 235 g/mol. The molecule has 1 aliphatic rings. The Bertz CT molecular complexity index is 384.